The zero-order valence-corrected chi connectivity index (χ0v) is 20.4. The first-order chi connectivity index (χ1) is 16.1. The quantitative estimate of drug-likeness (QED) is 0.370. The third-order valence-electron chi connectivity index (χ3n) is 4.54. The van der Waals surface area contributed by atoms with Gasteiger partial charge in [-0.05, 0) is 29.2 Å². The topological polar surface area (TPSA) is 124 Å². The second-order valence-electron chi connectivity index (χ2n) is 7.28. The number of rotatable bonds is 9. The molecule has 1 aliphatic rings. The van der Waals surface area contributed by atoms with Crippen LogP contribution >= 0.6 is 11.8 Å². The number of hydrogen-bond acceptors (Lipinski definition) is 11. The van der Waals surface area contributed by atoms with Crippen molar-refractivity contribution in [2.75, 3.05) is 13.7 Å². The van der Waals surface area contributed by atoms with Gasteiger partial charge in [-0.3, -0.25) is 19.2 Å². The molecule has 0 saturated carbocycles. The molecule has 1 saturated heterocycles. The molecular formula is C23H28O10S. The van der Waals surface area contributed by atoms with Crippen LogP contribution in [0, 0.1) is 0 Å². The van der Waals surface area contributed by atoms with Gasteiger partial charge in [-0.15, -0.1) is 0 Å². The highest BCUT2D eigenvalue weighted by Gasteiger charge is 2.52. The zero-order chi connectivity index (χ0) is 25.3. The first-order valence-corrected chi connectivity index (χ1v) is 11.3. The van der Waals surface area contributed by atoms with Crippen molar-refractivity contribution < 1.29 is 47.6 Å². The lowest BCUT2D eigenvalue weighted by Crippen LogP contribution is -2.61. The van der Waals surface area contributed by atoms with E-state index in [0.29, 0.717) is 5.75 Å². The van der Waals surface area contributed by atoms with Crippen molar-refractivity contribution in [2.24, 2.45) is 0 Å². The monoisotopic (exact) mass is 496 g/mol. The minimum atomic E-state index is -1.19. The number of hydrogen-bond donors (Lipinski definition) is 0. The van der Waals surface area contributed by atoms with E-state index in [2.05, 4.69) is 0 Å². The molecule has 0 spiro atoms. The molecule has 0 aliphatic carbocycles. The summed E-state index contributed by atoms with van der Waals surface area (Å²) in [5.41, 5.74) is 0.00838. The van der Waals surface area contributed by atoms with Crippen molar-refractivity contribution in [1.82, 2.24) is 0 Å². The highest BCUT2D eigenvalue weighted by atomic mass is 32.2. The first kappa shape index (κ1) is 27.2. The molecule has 1 aromatic carbocycles. The molecule has 10 nitrogen and oxygen atoms in total. The Hall–Kier alpha value is -3.05. The lowest BCUT2D eigenvalue weighted by atomic mass is 9.99. The highest BCUT2D eigenvalue weighted by Crippen LogP contribution is 2.35. The fourth-order valence-electron chi connectivity index (χ4n) is 3.21. The van der Waals surface area contributed by atoms with E-state index in [-0.39, 0.29) is 6.61 Å². The Balaban J connectivity index is 2.34. The largest absolute Gasteiger partial charge is 0.497 e. The van der Waals surface area contributed by atoms with Gasteiger partial charge >= 0.3 is 23.9 Å². The van der Waals surface area contributed by atoms with Crippen LogP contribution in [0.25, 0.3) is 6.08 Å². The Kier molecular flexibility index (Phi) is 10.4. The van der Waals surface area contributed by atoms with E-state index in [0.717, 1.165) is 17.3 Å². The summed E-state index contributed by atoms with van der Waals surface area (Å²) in [6.45, 7) is 4.51. The molecule has 1 heterocycles. The van der Waals surface area contributed by atoms with Crippen molar-refractivity contribution in [1.29, 1.82) is 0 Å². The summed E-state index contributed by atoms with van der Waals surface area (Å²) in [6.07, 6.45) is -2.64. The molecule has 0 radical (unpaired) electrons. The summed E-state index contributed by atoms with van der Waals surface area (Å²) in [7, 11) is 1.57. The molecule has 34 heavy (non-hydrogen) atoms. The van der Waals surface area contributed by atoms with E-state index in [1.807, 2.05) is 12.1 Å². The Morgan fingerprint density at radius 3 is 1.94 bits per heavy atom. The predicted molar refractivity (Wildman–Crippen MR) is 122 cm³/mol. The summed E-state index contributed by atoms with van der Waals surface area (Å²) in [4.78, 5) is 46.8. The van der Waals surface area contributed by atoms with Crippen LogP contribution in [0.15, 0.2) is 29.7 Å². The maximum atomic E-state index is 11.8. The van der Waals surface area contributed by atoms with E-state index >= 15 is 0 Å². The number of carbonyl (C=O) groups is 4. The molecule has 5 atom stereocenters. The standard InChI is InChI=1S/C23H28O10S/c1-13(24)29-12-19-20(30-14(2)25)21(31-15(3)26)22(32-16(4)27)23(33-19)34-11-10-17-6-8-18(28-5)9-7-17/h6-11,19-23H,12H2,1-5H3/b11-10+/t19?,20-,21?,22?,23+/m1/s1. The van der Waals surface area contributed by atoms with E-state index in [4.69, 9.17) is 28.4 Å². The fourth-order valence-corrected chi connectivity index (χ4v) is 4.17. The molecule has 1 fully saturated rings. The van der Waals surface area contributed by atoms with Crippen molar-refractivity contribution >= 4 is 41.7 Å². The van der Waals surface area contributed by atoms with Gasteiger partial charge in [0.05, 0.1) is 7.11 Å². The van der Waals surface area contributed by atoms with Crippen molar-refractivity contribution in [3.05, 3.63) is 35.2 Å². The number of benzene rings is 1. The van der Waals surface area contributed by atoms with Crippen LogP contribution < -0.4 is 4.74 Å². The summed E-state index contributed by atoms with van der Waals surface area (Å²) in [5.74, 6) is -1.85. The lowest BCUT2D eigenvalue weighted by Gasteiger charge is -2.43. The van der Waals surface area contributed by atoms with Crippen LogP contribution in [-0.2, 0) is 42.9 Å². The minimum Gasteiger partial charge on any atom is -0.497 e. The van der Waals surface area contributed by atoms with Crippen LogP contribution in [0.3, 0.4) is 0 Å². The van der Waals surface area contributed by atoms with Gasteiger partial charge in [-0.1, -0.05) is 23.9 Å². The van der Waals surface area contributed by atoms with Gasteiger partial charge in [0.1, 0.15) is 23.9 Å². The predicted octanol–water partition coefficient (Wildman–Crippen LogP) is 2.48. The molecule has 3 unspecified atom stereocenters. The van der Waals surface area contributed by atoms with E-state index < -0.39 is 53.7 Å². The second kappa shape index (κ2) is 13.0. The molecule has 186 valence electrons. The maximum absolute atomic E-state index is 11.8. The van der Waals surface area contributed by atoms with Crippen LogP contribution in [-0.4, -0.2) is 67.4 Å². The molecular weight excluding hydrogens is 468 g/mol. The van der Waals surface area contributed by atoms with Crippen molar-refractivity contribution in [2.45, 2.75) is 57.5 Å². The number of ether oxygens (including phenoxy) is 6. The van der Waals surface area contributed by atoms with Crippen LogP contribution in [0.4, 0.5) is 0 Å². The molecule has 0 aromatic heterocycles. The van der Waals surface area contributed by atoms with Crippen LogP contribution in [0.5, 0.6) is 5.75 Å². The first-order valence-electron chi connectivity index (χ1n) is 10.4. The number of carbonyl (C=O) groups excluding carboxylic acids is 4. The fraction of sp³-hybridized carbons (Fsp3) is 0.478. The Morgan fingerprint density at radius 1 is 0.853 bits per heavy atom. The maximum Gasteiger partial charge on any atom is 0.303 e. The smallest absolute Gasteiger partial charge is 0.303 e. The average molecular weight is 497 g/mol. The SMILES string of the molecule is COc1ccc(/C=C/S[C@@H]2OC(COC(C)=O)[C@@H](OC(C)=O)C(OC(C)=O)C2OC(C)=O)cc1. The molecule has 1 aliphatic heterocycles. The summed E-state index contributed by atoms with van der Waals surface area (Å²) in [5, 5.41) is 1.73. The van der Waals surface area contributed by atoms with Crippen molar-refractivity contribution in [3.63, 3.8) is 0 Å². The second-order valence-corrected chi connectivity index (χ2v) is 8.29. The van der Waals surface area contributed by atoms with Gasteiger partial charge in [0, 0.05) is 27.7 Å². The number of methoxy groups -OCH3 is 1. The van der Waals surface area contributed by atoms with Gasteiger partial charge in [-0.25, -0.2) is 0 Å². The van der Waals surface area contributed by atoms with Gasteiger partial charge in [0.25, 0.3) is 0 Å². The summed E-state index contributed by atoms with van der Waals surface area (Å²) in [6, 6.07) is 7.31. The van der Waals surface area contributed by atoms with Gasteiger partial charge in [0.15, 0.2) is 18.3 Å². The highest BCUT2D eigenvalue weighted by molar-refractivity contribution is 8.02. The van der Waals surface area contributed by atoms with Crippen molar-refractivity contribution in [3.8, 4) is 5.75 Å². The molecule has 1 aromatic rings. The van der Waals surface area contributed by atoms with Gasteiger partial charge in [0.2, 0.25) is 0 Å². The van der Waals surface area contributed by atoms with E-state index in [9.17, 15) is 19.2 Å². The van der Waals surface area contributed by atoms with E-state index in [1.54, 1.807) is 30.7 Å². The lowest BCUT2D eigenvalue weighted by molar-refractivity contribution is -0.237. The van der Waals surface area contributed by atoms with Gasteiger partial charge < -0.3 is 28.4 Å². The molecule has 2 rings (SSSR count). The minimum absolute atomic E-state index is 0.267. The van der Waals surface area contributed by atoms with Crippen LogP contribution in [0.1, 0.15) is 33.3 Å². The summed E-state index contributed by atoms with van der Waals surface area (Å²) < 4.78 is 32.4. The van der Waals surface area contributed by atoms with E-state index in [1.165, 1.54) is 27.7 Å². The molecule has 0 N–H and O–H groups in total. The number of thioether (sulfide) groups is 1. The van der Waals surface area contributed by atoms with Gasteiger partial charge in [-0.2, -0.15) is 0 Å². The normalized spacial score (nSPS) is 24.2. The Labute approximate surface area is 201 Å². The third kappa shape index (κ3) is 8.38. The molecule has 0 bridgehead atoms. The number of esters is 4. The molecule has 11 heteroatoms. The zero-order valence-electron chi connectivity index (χ0n) is 19.5. The summed E-state index contributed by atoms with van der Waals surface area (Å²) >= 11 is 1.16. The Morgan fingerprint density at radius 2 is 1.41 bits per heavy atom. The average Bonchev–Trinajstić information content (AvgIpc) is 2.75. The Bertz CT molecular complexity index is 898. The van der Waals surface area contributed by atoms with Crippen LogP contribution in [0.2, 0.25) is 0 Å². The molecule has 0 amide bonds. The third-order valence-corrected chi connectivity index (χ3v) is 5.48.